The Morgan fingerprint density at radius 1 is 0.439 bits per heavy atom. The van der Waals surface area contributed by atoms with Gasteiger partial charge in [0, 0.05) is 27.6 Å². The fourth-order valence-corrected chi connectivity index (χ4v) is 7.33. The average Bonchev–Trinajstić information content (AvgIpc) is 3.04. The lowest BCUT2D eigenvalue weighted by atomic mass is 9.92. The monoisotopic (exact) mass is 539 g/mol. The number of fused-ring (bicyclic) bond motifs is 4. The predicted octanol–water partition coefficient (Wildman–Crippen LogP) is 11.2. The van der Waals surface area contributed by atoms with Crippen LogP contribution in [0.2, 0.25) is 0 Å². The molecule has 192 valence electrons. The SMILES string of the molecule is c1ccc(-c2cccc3ccccc23)c(Sc2c3ccccc3c(-c3ccc4ccccc4c3)c3cnccc23)c1. The standard InChI is InChI=1S/C39H25NS/c1-2-12-28-24-29(21-20-26(28)10-1)38-33-16-5-6-17-34(33)39(35-22-23-40-25-36(35)38)41-37-19-8-7-15-32(37)31-18-9-13-27-11-3-4-14-30(27)31/h1-25H. The van der Waals surface area contributed by atoms with Gasteiger partial charge in [0.1, 0.15) is 0 Å². The van der Waals surface area contributed by atoms with Crippen LogP contribution in [0.3, 0.4) is 0 Å². The molecule has 0 saturated carbocycles. The van der Waals surface area contributed by atoms with Crippen LogP contribution >= 0.6 is 11.8 Å². The van der Waals surface area contributed by atoms with E-state index in [1.165, 1.54) is 75.1 Å². The van der Waals surface area contributed by atoms with Crippen molar-refractivity contribution in [2.24, 2.45) is 0 Å². The van der Waals surface area contributed by atoms with E-state index in [0.29, 0.717) is 0 Å². The van der Waals surface area contributed by atoms with E-state index in [9.17, 15) is 0 Å². The Morgan fingerprint density at radius 2 is 1.10 bits per heavy atom. The highest BCUT2D eigenvalue weighted by Gasteiger charge is 2.18. The van der Waals surface area contributed by atoms with E-state index < -0.39 is 0 Å². The third-order valence-electron chi connectivity index (χ3n) is 7.99. The van der Waals surface area contributed by atoms with Crippen LogP contribution in [0.4, 0.5) is 0 Å². The summed E-state index contributed by atoms with van der Waals surface area (Å²) in [5, 5.41) is 9.92. The number of pyridine rings is 1. The topological polar surface area (TPSA) is 12.9 Å². The van der Waals surface area contributed by atoms with Gasteiger partial charge in [-0.15, -0.1) is 0 Å². The summed E-state index contributed by atoms with van der Waals surface area (Å²) < 4.78 is 0. The molecule has 1 aromatic heterocycles. The molecule has 0 spiro atoms. The maximum atomic E-state index is 4.61. The van der Waals surface area contributed by atoms with Crippen molar-refractivity contribution < 1.29 is 0 Å². The summed E-state index contributed by atoms with van der Waals surface area (Å²) in [7, 11) is 0. The zero-order valence-electron chi connectivity index (χ0n) is 22.3. The van der Waals surface area contributed by atoms with Crippen LogP contribution < -0.4 is 0 Å². The molecule has 0 N–H and O–H groups in total. The van der Waals surface area contributed by atoms with Crippen molar-refractivity contribution in [3.05, 3.63) is 152 Å². The van der Waals surface area contributed by atoms with Crippen molar-refractivity contribution in [2.45, 2.75) is 9.79 Å². The number of benzene rings is 7. The molecule has 0 aliphatic carbocycles. The second-order valence-corrected chi connectivity index (χ2v) is 11.4. The molecule has 0 bridgehead atoms. The summed E-state index contributed by atoms with van der Waals surface area (Å²) in [5.41, 5.74) is 4.96. The van der Waals surface area contributed by atoms with E-state index in [4.69, 9.17) is 0 Å². The van der Waals surface area contributed by atoms with Crippen molar-refractivity contribution >= 4 is 54.9 Å². The summed E-state index contributed by atoms with van der Waals surface area (Å²) in [6, 6.07) is 50.4. The third-order valence-corrected chi connectivity index (χ3v) is 9.21. The summed E-state index contributed by atoms with van der Waals surface area (Å²) in [4.78, 5) is 7.11. The van der Waals surface area contributed by atoms with E-state index in [2.05, 4.69) is 145 Å². The van der Waals surface area contributed by atoms with Gasteiger partial charge in [-0.05, 0) is 78.2 Å². The van der Waals surface area contributed by atoms with Crippen molar-refractivity contribution in [1.29, 1.82) is 0 Å². The number of rotatable bonds is 4. The Kier molecular flexibility index (Phi) is 5.79. The quantitative estimate of drug-likeness (QED) is 0.206. The molecule has 2 heteroatoms. The molecule has 0 saturated heterocycles. The predicted molar refractivity (Wildman–Crippen MR) is 176 cm³/mol. The lowest BCUT2D eigenvalue weighted by molar-refractivity contribution is 1.36. The first-order valence-electron chi connectivity index (χ1n) is 13.9. The molecule has 1 nitrogen and oxygen atoms in total. The molecule has 41 heavy (non-hydrogen) atoms. The fourth-order valence-electron chi connectivity index (χ4n) is 6.10. The van der Waals surface area contributed by atoms with Crippen LogP contribution in [0.25, 0.3) is 65.3 Å². The van der Waals surface area contributed by atoms with Crippen LogP contribution in [-0.4, -0.2) is 4.98 Å². The zero-order valence-corrected chi connectivity index (χ0v) is 23.1. The Labute approximate surface area is 243 Å². The summed E-state index contributed by atoms with van der Waals surface area (Å²) in [6.07, 6.45) is 3.95. The molecule has 1 heterocycles. The minimum absolute atomic E-state index is 1.17. The minimum atomic E-state index is 1.17. The molecule has 0 amide bonds. The van der Waals surface area contributed by atoms with Crippen molar-refractivity contribution in [3.8, 4) is 22.3 Å². The maximum absolute atomic E-state index is 4.61. The van der Waals surface area contributed by atoms with Gasteiger partial charge in [-0.2, -0.15) is 0 Å². The number of nitrogens with zero attached hydrogens (tertiary/aromatic N) is 1. The average molecular weight is 540 g/mol. The lowest BCUT2D eigenvalue weighted by Crippen LogP contribution is -1.91. The smallest absolute Gasteiger partial charge is 0.0353 e. The second-order valence-electron chi connectivity index (χ2n) is 10.4. The normalized spacial score (nSPS) is 11.5. The van der Waals surface area contributed by atoms with Crippen molar-refractivity contribution in [1.82, 2.24) is 4.98 Å². The Hall–Kier alpha value is -4.92. The molecule has 8 rings (SSSR count). The molecular formula is C39H25NS. The first kappa shape index (κ1) is 23.9. The van der Waals surface area contributed by atoms with E-state index in [1.54, 1.807) is 0 Å². The van der Waals surface area contributed by atoms with E-state index >= 15 is 0 Å². The molecule has 7 aromatic carbocycles. The van der Waals surface area contributed by atoms with E-state index in [0.717, 1.165) is 0 Å². The molecule has 0 atom stereocenters. The Morgan fingerprint density at radius 3 is 2.00 bits per heavy atom. The van der Waals surface area contributed by atoms with Crippen LogP contribution in [0.15, 0.2) is 162 Å². The van der Waals surface area contributed by atoms with Gasteiger partial charge in [0.2, 0.25) is 0 Å². The van der Waals surface area contributed by atoms with Gasteiger partial charge in [0.25, 0.3) is 0 Å². The summed E-state index contributed by atoms with van der Waals surface area (Å²) in [6.45, 7) is 0. The summed E-state index contributed by atoms with van der Waals surface area (Å²) in [5.74, 6) is 0. The fraction of sp³-hybridized carbons (Fsp3) is 0. The third kappa shape index (κ3) is 4.07. The Balaban J connectivity index is 1.37. The molecule has 0 unspecified atom stereocenters. The van der Waals surface area contributed by atoms with Gasteiger partial charge in [-0.3, -0.25) is 4.98 Å². The van der Waals surface area contributed by atoms with Crippen molar-refractivity contribution in [3.63, 3.8) is 0 Å². The van der Waals surface area contributed by atoms with Crippen molar-refractivity contribution in [2.75, 3.05) is 0 Å². The molecule has 0 radical (unpaired) electrons. The van der Waals surface area contributed by atoms with Gasteiger partial charge >= 0.3 is 0 Å². The summed E-state index contributed by atoms with van der Waals surface area (Å²) >= 11 is 1.86. The molecular weight excluding hydrogens is 515 g/mol. The molecule has 0 aliphatic rings. The molecule has 8 aromatic rings. The number of hydrogen-bond acceptors (Lipinski definition) is 2. The minimum Gasteiger partial charge on any atom is -0.264 e. The first-order valence-corrected chi connectivity index (χ1v) is 14.7. The zero-order chi connectivity index (χ0) is 27.2. The van der Waals surface area contributed by atoms with Gasteiger partial charge < -0.3 is 0 Å². The van der Waals surface area contributed by atoms with Crippen LogP contribution in [-0.2, 0) is 0 Å². The first-order chi connectivity index (χ1) is 20.3. The van der Waals surface area contributed by atoms with Gasteiger partial charge in [0.15, 0.2) is 0 Å². The molecule has 0 aliphatic heterocycles. The van der Waals surface area contributed by atoms with E-state index in [-0.39, 0.29) is 0 Å². The highest BCUT2D eigenvalue weighted by atomic mass is 32.2. The van der Waals surface area contributed by atoms with Gasteiger partial charge in [-0.25, -0.2) is 0 Å². The largest absolute Gasteiger partial charge is 0.264 e. The molecule has 0 fully saturated rings. The second kappa shape index (κ2) is 9.92. The van der Waals surface area contributed by atoms with Crippen LogP contribution in [0.5, 0.6) is 0 Å². The van der Waals surface area contributed by atoms with Gasteiger partial charge in [-0.1, -0.05) is 133 Å². The van der Waals surface area contributed by atoms with Crippen LogP contribution in [0.1, 0.15) is 0 Å². The van der Waals surface area contributed by atoms with E-state index in [1.807, 2.05) is 24.2 Å². The number of hydrogen-bond donors (Lipinski definition) is 0. The highest BCUT2D eigenvalue weighted by molar-refractivity contribution is 8.00. The highest BCUT2D eigenvalue weighted by Crippen LogP contribution is 2.47. The maximum Gasteiger partial charge on any atom is 0.0353 e. The lowest BCUT2D eigenvalue weighted by Gasteiger charge is -2.18. The number of aromatic nitrogens is 1. The van der Waals surface area contributed by atoms with Gasteiger partial charge in [0.05, 0.1) is 0 Å². The van der Waals surface area contributed by atoms with Crippen LogP contribution in [0, 0.1) is 0 Å². The Bertz CT molecular complexity index is 2190.